The van der Waals surface area contributed by atoms with Gasteiger partial charge in [0.05, 0.1) is 0 Å². The summed E-state index contributed by atoms with van der Waals surface area (Å²) in [5, 5.41) is 3.42. The lowest BCUT2D eigenvalue weighted by molar-refractivity contribution is 0.310. The fraction of sp³-hybridized carbons (Fsp3) is 0.412. The molecule has 0 fully saturated rings. The number of nitrogens with one attached hydrogen (secondary N) is 1. The van der Waals surface area contributed by atoms with Crippen LogP contribution in [0, 0.1) is 0 Å². The zero-order valence-corrected chi connectivity index (χ0v) is 13.1. The molecule has 0 radical (unpaired) electrons. The Balaban J connectivity index is 1.81. The molecular weight excluding hydrogens is 266 g/mol. The predicted molar refractivity (Wildman–Crippen MR) is 86.5 cm³/mol. The molecule has 2 rings (SSSR count). The maximum absolute atomic E-state index is 5.82. The topological polar surface area (TPSA) is 21.3 Å². The van der Waals surface area contributed by atoms with Gasteiger partial charge in [-0.3, -0.25) is 0 Å². The first kappa shape index (κ1) is 15.1. The molecular formula is C17H23NOS. The van der Waals surface area contributed by atoms with Gasteiger partial charge in [0.1, 0.15) is 12.4 Å². The van der Waals surface area contributed by atoms with Crippen LogP contribution in [0.1, 0.15) is 35.6 Å². The zero-order chi connectivity index (χ0) is 14.2. The second kappa shape index (κ2) is 8.08. The van der Waals surface area contributed by atoms with E-state index in [-0.39, 0.29) is 0 Å². The molecule has 0 saturated heterocycles. The second-order valence-corrected chi connectivity index (χ2v) is 6.08. The number of ether oxygens (including phenoxy) is 1. The highest BCUT2D eigenvalue weighted by Gasteiger charge is 2.01. The van der Waals surface area contributed by atoms with E-state index < -0.39 is 0 Å². The van der Waals surface area contributed by atoms with E-state index in [1.54, 1.807) is 0 Å². The Morgan fingerprint density at radius 3 is 2.45 bits per heavy atom. The summed E-state index contributed by atoms with van der Waals surface area (Å²) < 4.78 is 5.82. The summed E-state index contributed by atoms with van der Waals surface area (Å²) in [6.45, 7) is 7.04. The van der Waals surface area contributed by atoms with E-state index >= 15 is 0 Å². The summed E-state index contributed by atoms with van der Waals surface area (Å²) in [5.74, 6) is 0.946. The van der Waals surface area contributed by atoms with Gasteiger partial charge >= 0.3 is 0 Å². The average molecular weight is 289 g/mol. The van der Waals surface area contributed by atoms with Crippen molar-refractivity contribution in [3.05, 3.63) is 51.7 Å². The van der Waals surface area contributed by atoms with Gasteiger partial charge in [0, 0.05) is 16.3 Å². The van der Waals surface area contributed by atoms with E-state index in [2.05, 4.69) is 55.6 Å². The third-order valence-electron chi connectivity index (χ3n) is 3.16. The van der Waals surface area contributed by atoms with Crippen molar-refractivity contribution in [1.29, 1.82) is 0 Å². The summed E-state index contributed by atoms with van der Waals surface area (Å²) in [7, 11) is 0. The molecule has 1 heterocycles. The maximum atomic E-state index is 5.82. The molecule has 0 aliphatic rings. The van der Waals surface area contributed by atoms with E-state index in [0.717, 1.165) is 25.3 Å². The van der Waals surface area contributed by atoms with Crippen molar-refractivity contribution >= 4 is 11.3 Å². The highest BCUT2D eigenvalue weighted by atomic mass is 32.1. The molecule has 0 amide bonds. The molecule has 0 unspecified atom stereocenters. The van der Waals surface area contributed by atoms with Crippen LogP contribution >= 0.6 is 11.3 Å². The van der Waals surface area contributed by atoms with Crippen LogP contribution in [0.3, 0.4) is 0 Å². The minimum absolute atomic E-state index is 0.657. The molecule has 20 heavy (non-hydrogen) atoms. The van der Waals surface area contributed by atoms with Crippen molar-refractivity contribution in [3.8, 4) is 5.75 Å². The predicted octanol–water partition coefficient (Wildman–Crippen LogP) is 4.39. The van der Waals surface area contributed by atoms with Crippen LogP contribution in [0.4, 0.5) is 0 Å². The Morgan fingerprint density at radius 2 is 1.75 bits per heavy atom. The molecule has 0 saturated carbocycles. The molecule has 0 spiro atoms. The molecule has 108 valence electrons. The van der Waals surface area contributed by atoms with Crippen molar-refractivity contribution in [2.75, 3.05) is 6.54 Å². The third-order valence-corrected chi connectivity index (χ3v) is 4.21. The fourth-order valence-electron chi connectivity index (χ4n) is 1.96. The van der Waals surface area contributed by atoms with Crippen molar-refractivity contribution in [3.63, 3.8) is 0 Å². The summed E-state index contributed by atoms with van der Waals surface area (Å²) in [4.78, 5) is 2.65. The van der Waals surface area contributed by atoms with Gasteiger partial charge in [-0.25, -0.2) is 0 Å². The van der Waals surface area contributed by atoms with Crippen LogP contribution in [0.25, 0.3) is 0 Å². The molecule has 1 aromatic carbocycles. The third kappa shape index (κ3) is 4.66. The van der Waals surface area contributed by atoms with Crippen LogP contribution in [0.5, 0.6) is 5.75 Å². The normalized spacial score (nSPS) is 10.7. The lowest BCUT2D eigenvalue weighted by Gasteiger charge is -2.05. The Bertz CT molecular complexity index is 504. The number of hydrogen-bond donors (Lipinski definition) is 1. The van der Waals surface area contributed by atoms with Crippen LogP contribution in [0.2, 0.25) is 0 Å². The molecule has 1 aromatic heterocycles. The van der Waals surface area contributed by atoms with Gasteiger partial charge in [0.15, 0.2) is 0 Å². The van der Waals surface area contributed by atoms with E-state index in [1.807, 2.05) is 11.3 Å². The Hall–Kier alpha value is -1.32. The summed E-state index contributed by atoms with van der Waals surface area (Å²) in [6.07, 6.45) is 2.24. The fourth-order valence-corrected chi connectivity index (χ4v) is 2.86. The van der Waals surface area contributed by atoms with Gasteiger partial charge in [0.2, 0.25) is 0 Å². The molecule has 0 bridgehead atoms. The summed E-state index contributed by atoms with van der Waals surface area (Å²) in [5.41, 5.74) is 1.35. The second-order valence-electron chi connectivity index (χ2n) is 4.83. The minimum atomic E-state index is 0.657. The average Bonchev–Trinajstić information content (AvgIpc) is 2.94. The Kier molecular flexibility index (Phi) is 6.09. The van der Waals surface area contributed by atoms with Crippen LogP contribution in [-0.4, -0.2) is 6.54 Å². The van der Waals surface area contributed by atoms with Gasteiger partial charge < -0.3 is 10.1 Å². The zero-order valence-electron chi connectivity index (χ0n) is 12.3. The highest BCUT2D eigenvalue weighted by Crippen LogP contribution is 2.19. The highest BCUT2D eigenvalue weighted by molar-refractivity contribution is 7.11. The molecule has 0 atom stereocenters. The molecule has 2 aromatic rings. The van der Waals surface area contributed by atoms with Crippen LogP contribution < -0.4 is 10.1 Å². The lowest BCUT2D eigenvalue weighted by atomic mass is 10.2. The first-order valence-corrected chi connectivity index (χ1v) is 8.13. The van der Waals surface area contributed by atoms with Crippen molar-refractivity contribution < 1.29 is 4.74 Å². The molecule has 0 aliphatic heterocycles. The largest absolute Gasteiger partial charge is 0.488 e. The van der Waals surface area contributed by atoms with Gasteiger partial charge in [-0.1, -0.05) is 26.0 Å². The van der Waals surface area contributed by atoms with Crippen molar-refractivity contribution in [1.82, 2.24) is 5.32 Å². The smallest absolute Gasteiger partial charge is 0.122 e. The van der Waals surface area contributed by atoms with Gasteiger partial charge in [-0.2, -0.15) is 0 Å². The monoisotopic (exact) mass is 289 g/mol. The summed E-state index contributed by atoms with van der Waals surface area (Å²) in [6, 6.07) is 12.7. The first-order valence-electron chi connectivity index (χ1n) is 7.32. The number of hydrogen-bond acceptors (Lipinski definition) is 3. The van der Waals surface area contributed by atoms with Gasteiger partial charge in [-0.15, -0.1) is 11.3 Å². The van der Waals surface area contributed by atoms with Gasteiger partial charge in [-0.05, 0) is 49.2 Å². The molecule has 2 nitrogen and oxygen atoms in total. The van der Waals surface area contributed by atoms with Crippen LogP contribution in [0.15, 0.2) is 36.4 Å². The molecule has 3 heteroatoms. The Morgan fingerprint density at radius 1 is 1.00 bits per heavy atom. The van der Waals surface area contributed by atoms with E-state index in [4.69, 9.17) is 4.74 Å². The standard InChI is InChI=1S/C17H23NOS/c1-3-11-18-12-16-9-10-17(20-16)13-19-15-7-5-14(4-2)6-8-15/h5-10,18H,3-4,11-13H2,1-2H3. The maximum Gasteiger partial charge on any atom is 0.122 e. The number of aryl methyl sites for hydroxylation is 1. The number of benzene rings is 1. The SMILES string of the molecule is CCCNCc1ccc(COc2ccc(CC)cc2)s1. The van der Waals surface area contributed by atoms with Crippen LogP contribution in [-0.2, 0) is 19.6 Å². The quantitative estimate of drug-likeness (QED) is 0.728. The number of rotatable bonds is 8. The lowest BCUT2D eigenvalue weighted by Crippen LogP contribution is -2.12. The first-order chi connectivity index (χ1) is 9.81. The number of thiophene rings is 1. The van der Waals surface area contributed by atoms with Crippen molar-refractivity contribution in [2.45, 2.75) is 39.8 Å². The van der Waals surface area contributed by atoms with E-state index in [0.29, 0.717) is 6.61 Å². The van der Waals surface area contributed by atoms with E-state index in [1.165, 1.54) is 21.7 Å². The van der Waals surface area contributed by atoms with Gasteiger partial charge in [0.25, 0.3) is 0 Å². The Labute approximate surface area is 125 Å². The van der Waals surface area contributed by atoms with E-state index in [9.17, 15) is 0 Å². The van der Waals surface area contributed by atoms with Crippen molar-refractivity contribution in [2.24, 2.45) is 0 Å². The minimum Gasteiger partial charge on any atom is -0.488 e. The summed E-state index contributed by atoms with van der Waals surface area (Å²) >= 11 is 1.82. The molecule has 0 aliphatic carbocycles. The molecule has 1 N–H and O–H groups in total.